The lowest BCUT2D eigenvalue weighted by Crippen LogP contribution is -1.87. The quantitative estimate of drug-likeness (QED) is 0.636. The molecule has 0 amide bonds. The van der Waals surface area contributed by atoms with Gasteiger partial charge in [0.25, 0.3) is 0 Å². The monoisotopic (exact) mass is 157 g/mol. The summed E-state index contributed by atoms with van der Waals surface area (Å²) in [5.74, 6) is 0.902. The molecule has 0 saturated carbocycles. The van der Waals surface area contributed by atoms with Gasteiger partial charge in [-0.05, 0) is 20.1 Å². The van der Waals surface area contributed by atoms with Gasteiger partial charge in [0.15, 0.2) is 0 Å². The van der Waals surface area contributed by atoms with E-state index >= 15 is 0 Å². The summed E-state index contributed by atoms with van der Waals surface area (Å²) in [6.07, 6.45) is 1.85. The third-order valence-corrected chi connectivity index (χ3v) is 2.23. The Balaban J connectivity index is 3.15. The predicted octanol–water partition coefficient (Wildman–Crippen LogP) is 1.40. The Labute approximate surface area is 62.8 Å². The summed E-state index contributed by atoms with van der Waals surface area (Å²) in [5.41, 5.74) is 1.03. The van der Waals surface area contributed by atoms with Gasteiger partial charge in [-0.15, -0.1) is 0 Å². The van der Waals surface area contributed by atoms with Crippen molar-refractivity contribution in [2.24, 2.45) is 0 Å². The third kappa shape index (κ3) is 1.26. The van der Waals surface area contributed by atoms with E-state index in [0.29, 0.717) is 0 Å². The summed E-state index contributed by atoms with van der Waals surface area (Å²) >= 11 is 0. The zero-order valence-electron chi connectivity index (χ0n) is 6.36. The van der Waals surface area contributed by atoms with E-state index in [1.54, 1.807) is 0 Å². The van der Waals surface area contributed by atoms with Gasteiger partial charge < -0.3 is 4.98 Å². The van der Waals surface area contributed by atoms with Crippen molar-refractivity contribution in [1.82, 2.24) is 9.97 Å². The van der Waals surface area contributed by atoms with Crippen molar-refractivity contribution in [1.29, 1.82) is 4.78 Å². The van der Waals surface area contributed by atoms with Crippen LogP contribution in [0.5, 0.6) is 0 Å². The number of H-pyrrole nitrogens is 1. The standard InChI is InChI=1S/C6H11N3S/c1-4-6(10(3)7)9-5(2)8-4/h7H,1-3H3,(H,8,9). The first kappa shape index (κ1) is 7.47. The maximum Gasteiger partial charge on any atom is 0.127 e. The lowest BCUT2D eigenvalue weighted by molar-refractivity contribution is 1.10. The summed E-state index contributed by atoms with van der Waals surface area (Å²) in [6.45, 7) is 3.86. The first-order valence-electron chi connectivity index (χ1n) is 3.01. The van der Waals surface area contributed by atoms with E-state index in [1.165, 1.54) is 0 Å². The molecule has 1 aromatic rings. The molecule has 0 aromatic carbocycles. The second-order valence-corrected chi connectivity index (χ2v) is 3.67. The molecule has 4 heteroatoms. The van der Waals surface area contributed by atoms with E-state index < -0.39 is 10.7 Å². The van der Waals surface area contributed by atoms with Gasteiger partial charge in [-0.1, -0.05) is 10.7 Å². The molecule has 1 unspecified atom stereocenters. The third-order valence-electron chi connectivity index (χ3n) is 1.25. The topological polar surface area (TPSA) is 52.5 Å². The number of hydrogen-bond donors (Lipinski definition) is 2. The number of aryl methyl sites for hydroxylation is 2. The molecule has 0 aliphatic heterocycles. The number of imidazole rings is 1. The van der Waals surface area contributed by atoms with Gasteiger partial charge in [0, 0.05) is 5.69 Å². The molecule has 0 aliphatic carbocycles. The number of aromatic amines is 1. The fourth-order valence-electron chi connectivity index (χ4n) is 0.887. The molecular weight excluding hydrogens is 146 g/mol. The van der Waals surface area contributed by atoms with E-state index in [0.717, 1.165) is 16.5 Å². The zero-order valence-corrected chi connectivity index (χ0v) is 7.17. The minimum Gasteiger partial charge on any atom is -0.345 e. The second kappa shape index (κ2) is 2.54. The molecule has 1 heterocycles. The van der Waals surface area contributed by atoms with Crippen LogP contribution < -0.4 is 0 Å². The summed E-state index contributed by atoms with van der Waals surface area (Å²) in [5, 5.41) is 0.887. The molecule has 1 rings (SSSR count). The second-order valence-electron chi connectivity index (χ2n) is 2.26. The fourth-order valence-corrected chi connectivity index (χ4v) is 1.67. The highest BCUT2D eigenvalue weighted by molar-refractivity contribution is 7.85. The highest BCUT2D eigenvalue weighted by Gasteiger charge is 2.02. The van der Waals surface area contributed by atoms with E-state index in [1.807, 2.05) is 20.1 Å². The average molecular weight is 157 g/mol. The Morgan fingerprint density at radius 2 is 2.10 bits per heavy atom. The average Bonchev–Trinajstić information content (AvgIpc) is 2.10. The van der Waals surface area contributed by atoms with Gasteiger partial charge in [-0.25, -0.2) is 4.98 Å². The zero-order chi connectivity index (χ0) is 7.72. The molecule has 0 saturated heterocycles. The number of nitrogens with zero attached hydrogens (tertiary/aromatic N) is 1. The maximum absolute atomic E-state index is 7.42. The molecule has 0 bridgehead atoms. The van der Waals surface area contributed by atoms with Crippen molar-refractivity contribution in [2.45, 2.75) is 18.9 Å². The number of rotatable bonds is 1. The number of aromatic nitrogens is 2. The van der Waals surface area contributed by atoms with Crippen molar-refractivity contribution < 1.29 is 0 Å². The largest absolute Gasteiger partial charge is 0.345 e. The van der Waals surface area contributed by atoms with Crippen LogP contribution in [0.1, 0.15) is 11.5 Å². The maximum atomic E-state index is 7.42. The molecule has 1 atom stereocenters. The van der Waals surface area contributed by atoms with E-state index in [4.69, 9.17) is 4.78 Å². The summed E-state index contributed by atoms with van der Waals surface area (Å²) in [4.78, 5) is 7.24. The van der Waals surface area contributed by atoms with Gasteiger partial charge in [0.1, 0.15) is 10.9 Å². The molecule has 56 valence electrons. The minimum atomic E-state index is -0.462. The molecule has 3 nitrogen and oxygen atoms in total. The molecular formula is C6H11N3S. The molecule has 0 radical (unpaired) electrons. The predicted molar refractivity (Wildman–Crippen MR) is 42.3 cm³/mol. The van der Waals surface area contributed by atoms with Gasteiger partial charge in [0.05, 0.1) is 0 Å². The van der Waals surface area contributed by atoms with Crippen LogP contribution in [0.4, 0.5) is 0 Å². The molecule has 2 N–H and O–H groups in total. The van der Waals surface area contributed by atoms with Crippen LogP contribution in [0.15, 0.2) is 5.03 Å². The van der Waals surface area contributed by atoms with E-state index in [2.05, 4.69) is 9.97 Å². The smallest absolute Gasteiger partial charge is 0.127 e. The van der Waals surface area contributed by atoms with Crippen molar-refractivity contribution in [2.75, 3.05) is 6.26 Å². The molecule has 0 aliphatic rings. The minimum absolute atomic E-state index is 0.462. The van der Waals surface area contributed by atoms with Crippen LogP contribution in [0.3, 0.4) is 0 Å². The Hall–Kier alpha value is -0.640. The molecule has 10 heavy (non-hydrogen) atoms. The first-order chi connectivity index (χ1) is 4.61. The number of hydrogen-bond acceptors (Lipinski definition) is 2. The van der Waals surface area contributed by atoms with E-state index in [9.17, 15) is 0 Å². The van der Waals surface area contributed by atoms with Crippen LogP contribution in [0.25, 0.3) is 0 Å². The van der Waals surface area contributed by atoms with Gasteiger partial charge in [-0.2, -0.15) is 0 Å². The highest BCUT2D eigenvalue weighted by atomic mass is 32.2. The molecule has 1 aromatic heterocycles. The van der Waals surface area contributed by atoms with Crippen LogP contribution >= 0.6 is 0 Å². The van der Waals surface area contributed by atoms with Crippen molar-refractivity contribution in [3.63, 3.8) is 0 Å². The first-order valence-corrected chi connectivity index (χ1v) is 4.65. The van der Waals surface area contributed by atoms with Crippen molar-refractivity contribution >= 4 is 10.7 Å². The fraction of sp³-hybridized carbons (Fsp3) is 0.500. The Kier molecular flexibility index (Phi) is 1.89. The summed E-state index contributed by atoms with van der Waals surface area (Å²) in [7, 11) is -0.462. The van der Waals surface area contributed by atoms with E-state index in [-0.39, 0.29) is 0 Å². The normalized spacial score (nSPS) is 13.5. The Morgan fingerprint density at radius 3 is 2.30 bits per heavy atom. The van der Waals surface area contributed by atoms with Crippen LogP contribution in [-0.2, 0) is 10.7 Å². The van der Waals surface area contributed by atoms with Crippen molar-refractivity contribution in [3.05, 3.63) is 11.5 Å². The van der Waals surface area contributed by atoms with Crippen LogP contribution in [0, 0.1) is 18.6 Å². The van der Waals surface area contributed by atoms with Crippen molar-refractivity contribution in [3.8, 4) is 0 Å². The lowest BCUT2D eigenvalue weighted by Gasteiger charge is -1.91. The summed E-state index contributed by atoms with van der Waals surface area (Å²) in [6, 6.07) is 0. The lowest BCUT2D eigenvalue weighted by atomic mass is 10.6. The molecule has 0 spiro atoms. The van der Waals surface area contributed by atoms with Gasteiger partial charge in [-0.3, -0.25) is 4.78 Å². The Morgan fingerprint density at radius 1 is 1.50 bits per heavy atom. The summed E-state index contributed by atoms with van der Waals surface area (Å²) < 4.78 is 7.42. The number of nitrogens with one attached hydrogen (secondary N) is 2. The van der Waals surface area contributed by atoms with Crippen LogP contribution in [-0.4, -0.2) is 16.2 Å². The van der Waals surface area contributed by atoms with Gasteiger partial charge in [0.2, 0.25) is 0 Å². The van der Waals surface area contributed by atoms with Crippen LogP contribution in [0.2, 0.25) is 0 Å². The Bertz CT molecular complexity index is 264. The highest BCUT2D eigenvalue weighted by Crippen LogP contribution is 2.07. The van der Waals surface area contributed by atoms with Gasteiger partial charge >= 0.3 is 0 Å². The SMILES string of the molecule is Cc1nc(S(C)=N)c(C)[nH]1. The molecule has 0 fully saturated rings.